The zero-order valence-corrected chi connectivity index (χ0v) is 50.9. The summed E-state index contributed by atoms with van der Waals surface area (Å²) in [4.78, 5) is 0. The van der Waals surface area contributed by atoms with Gasteiger partial charge >= 0.3 is 12.2 Å². The van der Waals surface area contributed by atoms with Gasteiger partial charge in [0.15, 0.2) is 47.4 Å². The summed E-state index contributed by atoms with van der Waals surface area (Å²) in [5, 5.41) is 0.296. The van der Waals surface area contributed by atoms with Crippen molar-refractivity contribution in [3.63, 3.8) is 0 Å². The van der Waals surface area contributed by atoms with Gasteiger partial charge in [0.1, 0.15) is 5.82 Å². The third-order valence-corrected chi connectivity index (χ3v) is 18.7. The lowest BCUT2D eigenvalue weighted by Crippen LogP contribution is -2.38. The van der Waals surface area contributed by atoms with Crippen LogP contribution in [0.5, 0.6) is 11.5 Å². The molecule has 0 amide bonds. The van der Waals surface area contributed by atoms with Gasteiger partial charge in [-0.2, -0.15) is 26.3 Å². The van der Waals surface area contributed by atoms with Gasteiger partial charge in [0.2, 0.25) is 11.6 Å². The number of rotatable bonds is 12. The van der Waals surface area contributed by atoms with Gasteiger partial charge in [-0.15, -0.1) is 0 Å². The van der Waals surface area contributed by atoms with E-state index in [-0.39, 0.29) is 28.6 Å². The Morgan fingerprint density at radius 2 is 0.774 bits per heavy atom. The van der Waals surface area contributed by atoms with Gasteiger partial charge in [-0.05, 0) is 205 Å². The molecule has 0 aliphatic heterocycles. The van der Waals surface area contributed by atoms with E-state index in [9.17, 15) is 57.1 Å². The average molecular weight is 1220 g/mol. The van der Waals surface area contributed by atoms with Gasteiger partial charge in [-0.3, -0.25) is 0 Å². The van der Waals surface area contributed by atoms with E-state index in [1.165, 1.54) is 103 Å². The molecule has 9 rings (SSSR count). The minimum Gasteiger partial charge on any atom is -0.429 e. The van der Waals surface area contributed by atoms with Crippen LogP contribution in [0.15, 0.2) is 48.5 Å². The first-order chi connectivity index (χ1) is 39.6. The van der Waals surface area contributed by atoms with Gasteiger partial charge < -0.3 is 14.2 Å². The van der Waals surface area contributed by atoms with Crippen molar-refractivity contribution in [3.8, 4) is 11.5 Å². The molecule has 0 N–H and O–H groups in total. The molecule has 0 aromatic heterocycles. The quantitative estimate of drug-likeness (QED) is 0.105. The lowest BCUT2D eigenvalue weighted by atomic mass is 9.69. The van der Waals surface area contributed by atoms with Gasteiger partial charge in [-0.1, -0.05) is 121 Å². The molecule has 5 aliphatic rings. The van der Waals surface area contributed by atoms with Gasteiger partial charge in [-0.25, -0.2) is 30.7 Å². The summed E-state index contributed by atoms with van der Waals surface area (Å²) in [6, 6.07) is 10.5. The van der Waals surface area contributed by atoms with E-state index in [4.69, 9.17) is 16.3 Å². The fraction of sp³-hybridized carbons (Fsp3) is 0.642. The van der Waals surface area contributed by atoms with Crippen molar-refractivity contribution in [2.75, 3.05) is 6.86 Å². The Morgan fingerprint density at radius 1 is 0.417 bits per heavy atom. The fourth-order valence-electron chi connectivity index (χ4n) is 12.1. The number of alkyl halides is 5. The van der Waals surface area contributed by atoms with E-state index >= 15 is 0 Å². The maximum Gasteiger partial charge on any atom is 0.400 e. The summed E-state index contributed by atoms with van der Waals surface area (Å²) in [5.41, 5.74) is 1.85. The van der Waals surface area contributed by atoms with Crippen LogP contribution in [-0.2, 0) is 11.2 Å². The third kappa shape index (κ3) is 21.0. The monoisotopic (exact) mass is 1220 g/mol. The Hall–Kier alpha value is -4.18. The SMILES string of the molecule is CC1CCC(OCF)CC1.Cc1ccc(CCC2CCC(C)CC2)c(F)c1Cl.Cc1ccc(F)c(F)c1F.Cc1ccc(OC(F)(F)C2CCC(C)CC2)c(F)c1F.Cc1ccc(OC(F)(F)C2CCC(C3CCC(C)CC3)CC2)c(F)c1F. The van der Waals surface area contributed by atoms with Gasteiger partial charge in [0.05, 0.1) is 23.0 Å². The lowest BCUT2D eigenvalue weighted by Gasteiger charge is -2.38. The second-order valence-electron chi connectivity index (χ2n) is 24.9. The second-order valence-corrected chi connectivity index (χ2v) is 25.3. The van der Waals surface area contributed by atoms with Crippen LogP contribution in [0.25, 0.3) is 0 Å². The summed E-state index contributed by atoms with van der Waals surface area (Å²) >= 11 is 5.95. The summed E-state index contributed by atoms with van der Waals surface area (Å²) in [6.45, 7) is 14.2. The molecule has 0 unspecified atom stereocenters. The van der Waals surface area contributed by atoms with Crippen LogP contribution in [0.2, 0.25) is 5.02 Å². The standard InChI is InChI=1S/C21H28F4O.C16H22ClF.C15H18F4O.C8H15FO.C7H5F3/c1-13-3-6-15(7-4-13)16-8-10-17(11-9-16)21(24,25)26-18-12-5-14(2)19(22)20(18)23;1-11-3-6-13(7-4-11)8-10-14-9-5-12(2)15(17)16(14)18;1-9-3-6-11(7-4-9)15(18,19)20-12-8-5-10(2)13(16)14(12)17;1-7-2-4-8(5-3-7)10-6-9;1-4-2-3-5(8)7(10)6(4)9/h5,12-13,15-17H,3-4,6-11H2,1-2H3;5,9,11,13H,3-4,6-8,10H2,1-2H3;5,8-9,11H,3-4,6-7H2,1-2H3;7-8H,2-6H2,1H3;2-3H,1H3. The fourth-order valence-corrected chi connectivity index (χ4v) is 12.3. The van der Waals surface area contributed by atoms with Crippen molar-refractivity contribution in [1.29, 1.82) is 0 Å². The molecule has 4 aromatic carbocycles. The van der Waals surface area contributed by atoms with E-state index in [1.54, 1.807) is 0 Å². The van der Waals surface area contributed by atoms with Crippen molar-refractivity contribution in [2.45, 2.75) is 215 Å². The van der Waals surface area contributed by atoms with Crippen molar-refractivity contribution >= 4 is 11.6 Å². The lowest BCUT2D eigenvalue weighted by molar-refractivity contribution is -0.225. The number of aryl methyl sites for hydroxylation is 5. The van der Waals surface area contributed by atoms with Crippen molar-refractivity contribution in [3.05, 3.63) is 128 Å². The Bertz CT molecular complexity index is 2600. The number of halogens is 14. The van der Waals surface area contributed by atoms with Crippen LogP contribution in [0, 0.1) is 127 Å². The van der Waals surface area contributed by atoms with Crippen LogP contribution in [-0.4, -0.2) is 25.2 Å². The summed E-state index contributed by atoms with van der Waals surface area (Å²) in [7, 11) is 0. The predicted octanol–water partition coefficient (Wildman–Crippen LogP) is 22.4. The Kier molecular flexibility index (Phi) is 27.9. The van der Waals surface area contributed by atoms with E-state index in [1.807, 2.05) is 26.0 Å². The molecule has 17 heteroatoms. The van der Waals surface area contributed by atoms with Crippen LogP contribution >= 0.6 is 11.6 Å². The molecule has 84 heavy (non-hydrogen) atoms. The highest BCUT2D eigenvalue weighted by atomic mass is 35.5. The highest BCUT2D eigenvalue weighted by Gasteiger charge is 2.46. The van der Waals surface area contributed by atoms with E-state index in [0.717, 1.165) is 91.5 Å². The molecular weight excluding hydrogens is 1140 g/mol. The Balaban J connectivity index is 0.000000201. The topological polar surface area (TPSA) is 27.7 Å². The second kappa shape index (κ2) is 33.2. The number of ether oxygens (including phenoxy) is 3. The first-order valence-corrected chi connectivity index (χ1v) is 30.7. The maximum absolute atomic E-state index is 14.5. The Morgan fingerprint density at radius 3 is 1.20 bits per heavy atom. The molecule has 5 fully saturated rings. The minimum absolute atomic E-state index is 0.0599. The molecule has 5 aliphatic carbocycles. The van der Waals surface area contributed by atoms with Crippen molar-refractivity contribution < 1.29 is 71.3 Å². The normalized spacial score (nSPS) is 25.5. The van der Waals surface area contributed by atoms with Crippen LogP contribution in [0.1, 0.15) is 190 Å². The average Bonchev–Trinajstić information content (AvgIpc) is 3.62. The van der Waals surface area contributed by atoms with E-state index in [0.29, 0.717) is 61.3 Å². The molecular formula is C67H88ClF13O3. The summed E-state index contributed by atoms with van der Waals surface area (Å²) in [5.74, 6) is -7.29. The van der Waals surface area contributed by atoms with E-state index in [2.05, 4.69) is 30.2 Å². The molecule has 0 spiro atoms. The van der Waals surface area contributed by atoms with Gasteiger partial charge in [0, 0.05) is 0 Å². The molecule has 3 nitrogen and oxygen atoms in total. The van der Waals surface area contributed by atoms with Crippen LogP contribution in [0.3, 0.4) is 0 Å². The smallest absolute Gasteiger partial charge is 0.400 e. The maximum atomic E-state index is 14.5. The molecule has 472 valence electrons. The number of benzene rings is 4. The molecule has 4 aromatic rings. The highest BCUT2D eigenvalue weighted by Crippen LogP contribution is 2.46. The molecule has 0 radical (unpaired) electrons. The van der Waals surface area contributed by atoms with Crippen LogP contribution in [0.4, 0.5) is 57.1 Å². The largest absolute Gasteiger partial charge is 0.429 e. The molecule has 0 heterocycles. The highest BCUT2D eigenvalue weighted by molar-refractivity contribution is 6.31. The number of hydrogen-bond donors (Lipinski definition) is 0. The first-order valence-electron chi connectivity index (χ1n) is 30.4. The molecule has 0 atom stereocenters. The molecule has 0 saturated heterocycles. The predicted molar refractivity (Wildman–Crippen MR) is 306 cm³/mol. The Labute approximate surface area is 495 Å². The summed E-state index contributed by atoms with van der Waals surface area (Å²) in [6.07, 6.45) is 14.2. The first kappa shape index (κ1) is 70.6. The minimum atomic E-state index is -3.48. The van der Waals surface area contributed by atoms with Crippen LogP contribution < -0.4 is 9.47 Å². The number of hydrogen-bond acceptors (Lipinski definition) is 3. The van der Waals surface area contributed by atoms with Gasteiger partial charge in [0.25, 0.3) is 0 Å². The summed E-state index contributed by atoms with van der Waals surface area (Å²) < 4.78 is 188. The third-order valence-electron chi connectivity index (χ3n) is 18.2. The zero-order valence-electron chi connectivity index (χ0n) is 50.2. The van der Waals surface area contributed by atoms with Crippen molar-refractivity contribution in [2.24, 2.45) is 53.3 Å². The zero-order chi connectivity index (χ0) is 62.1. The molecule has 0 bridgehead atoms. The van der Waals surface area contributed by atoms with E-state index < -0.39 is 83.1 Å². The molecule has 5 saturated carbocycles. The van der Waals surface area contributed by atoms with Crippen molar-refractivity contribution in [1.82, 2.24) is 0 Å².